The van der Waals surface area contributed by atoms with Crippen LogP contribution < -0.4 is 0 Å². The second kappa shape index (κ2) is 6.36. The first kappa shape index (κ1) is 16.9. The van der Waals surface area contributed by atoms with Crippen LogP contribution in [-0.2, 0) is 16.0 Å². The first-order chi connectivity index (χ1) is 10.3. The van der Waals surface area contributed by atoms with Gasteiger partial charge in [-0.15, -0.1) is 0 Å². The quantitative estimate of drug-likeness (QED) is 0.884. The summed E-state index contributed by atoms with van der Waals surface area (Å²) in [6.45, 7) is 4.44. The van der Waals surface area contributed by atoms with Crippen LogP contribution in [0, 0.1) is 17.2 Å². The summed E-state index contributed by atoms with van der Waals surface area (Å²) in [5.41, 5.74) is -0.158. The Morgan fingerprint density at radius 2 is 2.14 bits per heavy atom. The van der Waals surface area contributed by atoms with Crippen molar-refractivity contribution in [3.63, 3.8) is 0 Å². The molecule has 0 bridgehead atoms. The maximum Gasteiger partial charge on any atom is 0.311 e. The van der Waals surface area contributed by atoms with Gasteiger partial charge in [-0.1, -0.05) is 19.9 Å². The maximum absolute atomic E-state index is 13.2. The number of aliphatic carboxylic acids is 1. The molecule has 22 heavy (non-hydrogen) atoms. The van der Waals surface area contributed by atoms with E-state index in [-0.39, 0.29) is 30.6 Å². The highest BCUT2D eigenvalue weighted by atomic mass is 79.9. The second-order valence-corrected chi connectivity index (χ2v) is 6.96. The van der Waals surface area contributed by atoms with E-state index in [1.165, 1.54) is 6.07 Å². The van der Waals surface area contributed by atoms with Gasteiger partial charge in [-0.05, 0) is 46.0 Å². The van der Waals surface area contributed by atoms with E-state index in [4.69, 9.17) is 0 Å². The van der Waals surface area contributed by atoms with Crippen LogP contribution in [0.5, 0.6) is 0 Å². The van der Waals surface area contributed by atoms with Gasteiger partial charge in [-0.2, -0.15) is 0 Å². The van der Waals surface area contributed by atoms with Crippen molar-refractivity contribution in [2.45, 2.75) is 26.7 Å². The van der Waals surface area contributed by atoms with Gasteiger partial charge < -0.3 is 10.0 Å². The first-order valence-electron chi connectivity index (χ1n) is 7.21. The lowest BCUT2D eigenvalue weighted by Gasteiger charge is -2.28. The number of benzene rings is 1. The van der Waals surface area contributed by atoms with Crippen molar-refractivity contribution in [1.82, 2.24) is 4.90 Å². The van der Waals surface area contributed by atoms with Crippen molar-refractivity contribution >= 4 is 27.8 Å². The van der Waals surface area contributed by atoms with Gasteiger partial charge in [0.25, 0.3) is 0 Å². The molecule has 0 radical (unpaired) electrons. The molecule has 1 saturated heterocycles. The van der Waals surface area contributed by atoms with E-state index in [1.54, 1.807) is 17.0 Å². The molecule has 1 unspecified atom stereocenters. The highest BCUT2D eigenvalue weighted by Gasteiger charge is 2.48. The summed E-state index contributed by atoms with van der Waals surface area (Å²) in [4.78, 5) is 25.6. The van der Waals surface area contributed by atoms with E-state index < -0.39 is 11.4 Å². The molecule has 1 aromatic rings. The molecule has 1 aliphatic heterocycles. The number of rotatable bonds is 4. The molecule has 1 fully saturated rings. The van der Waals surface area contributed by atoms with Crippen LogP contribution in [0.3, 0.4) is 0 Å². The fraction of sp³-hybridized carbons (Fsp3) is 0.500. The predicted molar refractivity (Wildman–Crippen MR) is 83.9 cm³/mol. The topological polar surface area (TPSA) is 57.6 Å². The molecular weight excluding hydrogens is 353 g/mol. The van der Waals surface area contributed by atoms with E-state index >= 15 is 0 Å². The van der Waals surface area contributed by atoms with Gasteiger partial charge in [0, 0.05) is 13.1 Å². The minimum atomic E-state index is -0.862. The number of carbonyl (C=O) groups excluding carboxylic acids is 1. The molecule has 0 aromatic heterocycles. The number of carboxylic acids is 1. The van der Waals surface area contributed by atoms with Crippen LogP contribution in [0.15, 0.2) is 22.7 Å². The highest BCUT2D eigenvalue weighted by molar-refractivity contribution is 9.10. The van der Waals surface area contributed by atoms with Gasteiger partial charge in [0.2, 0.25) is 5.91 Å². The number of halogens is 2. The minimum Gasteiger partial charge on any atom is -0.481 e. The van der Waals surface area contributed by atoms with Crippen LogP contribution in [0.25, 0.3) is 0 Å². The van der Waals surface area contributed by atoms with Gasteiger partial charge in [-0.3, -0.25) is 9.59 Å². The average molecular weight is 372 g/mol. The Labute approximate surface area is 137 Å². The summed E-state index contributed by atoms with van der Waals surface area (Å²) >= 11 is 3.10. The van der Waals surface area contributed by atoms with E-state index in [9.17, 15) is 19.1 Å². The summed E-state index contributed by atoms with van der Waals surface area (Å²) in [7, 11) is 0. The number of hydrogen-bond acceptors (Lipinski definition) is 2. The Morgan fingerprint density at radius 3 is 2.64 bits per heavy atom. The fourth-order valence-corrected chi connectivity index (χ4v) is 3.30. The van der Waals surface area contributed by atoms with E-state index in [0.717, 1.165) is 0 Å². The lowest BCUT2D eigenvalue weighted by molar-refractivity contribution is -0.151. The van der Waals surface area contributed by atoms with Gasteiger partial charge in [0.1, 0.15) is 5.82 Å². The number of hydrogen-bond donors (Lipinski definition) is 1. The molecule has 4 nitrogen and oxygen atoms in total. The van der Waals surface area contributed by atoms with E-state index in [0.29, 0.717) is 23.0 Å². The Balaban J connectivity index is 2.08. The Bertz CT molecular complexity index is 605. The van der Waals surface area contributed by atoms with E-state index in [2.05, 4.69) is 15.9 Å². The third-order valence-electron chi connectivity index (χ3n) is 4.52. The molecule has 1 N–H and O–H groups in total. The van der Waals surface area contributed by atoms with Crippen LogP contribution in [0.4, 0.5) is 4.39 Å². The van der Waals surface area contributed by atoms with Crippen molar-refractivity contribution in [2.24, 2.45) is 11.3 Å². The number of carboxylic acid groups (broad SMARTS) is 1. The summed E-state index contributed by atoms with van der Waals surface area (Å²) < 4.78 is 13.5. The summed E-state index contributed by atoms with van der Waals surface area (Å²) in [6, 6.07) is 4.46. The standard InChI is InChI=1S/C16H19BrFNO3/c1-10(2)16(15(21)22)5-6-19(9-16)14(20)8-11-3-4-13(18)12(17)7-11/h3-4,7,10H,5-6,8-9H2,1-2H3,(H,21,22). The normalized spacial score (nSPS) is 21.4. The molecule has 6 heteroatoms. The summed E-state index contributed by atoms with van der Waals surface area (Å²) in [5.74, 6) is -1.38. The Hall–Kier alpha value is -1.43. The van der Waals surface area contributed by atoms with Crippen LogP contribution >= 0.6 is 15.9 Å². The zero-order chi connectivity index (χ0) is 16.5. The van der Waals surface area contributed by atoms with Gasteiger partial charge in [0.05, 0.1) is 16.3 Å². The van der Waals surface area contributed by atoms with Crippen molar-refractivity contribution in [3.05, 3.63) is 34.1 Å². The molecule has 0 saturated carbocycles. The Morgan fingerprint density at radius 1 is 1.45 bits per heavy atom. The number of amides is 1. The third kappa shape index (κ3) is 3.16. The predicted octanol–water partition coefficient (Wildman–Crippen LogP) is 3.09. The lowest BCUT2D eigenvalue weighted by Crippen LogP contribution is -2.41. The van der Waals surface area contributed by atoms with Crippen LogP contribution in [0.2, 0.25) is 0 Å². The third-order valence-corrected chi connectivity index (χ3v) is 5.13. The summed E-state index contributed by atoms with van der Waals surface area (Å²) in [5, 5.41) is 9.50. The summed E-state index contributed by atoms with van der Waals surface area (Å²) in [6.07, 6.45) is 0.617. The maximum atomic E-state index is 13.2. The monoisotopic (exact) mass is 371 g/mol. The minimum absolute atomic E-state index is 0.0391. The molecule has 1 amide bonds. The first-order valence-corrected chi connectivity index (χ1v) is 8.00. The molecule has 1 atom stereocenters. The molecule has 1 aromatic carbocycles. The molecular formula is C16H19BrFNO3. The number of carbonyl (C=O) groups is 2. The lowest BCUT2D eigenvalue weighted by atomic mass is 9.76. The largest absolute Gasteiger partial charge is 0.481 e. The molecule has 0 aliphatic carbocycles. The Kier molecular flexibility index (Phi) is 4.90. The zero-order valence-corrected chi connectivity index (χ0v) is 14.2. The smallest absolute Gasteiger partial charge is 0.311 e. The molecule has 1 heterocycles. The van der Waals surface area contributed by atoms with Crippen molar-refractivity contribution in [3.8, 4) is 0 Å². The number of nitrogens with zero attached hydrogens (tertiary/aromatic N) is 1. The highest BCUT2D eigenvalue weighted by Crippen LogP contribution is 2.38. The van der Waals surface area contributed by atoms with Gasteiger partial charge in [-0.25, -0.2) is 4.39 Å². The van der Waals surface area contributed by atoms with Crippen molar-refractivity contribution < 1.29 is 19.1 Å². The second-order valence-electron chi connectivity index (χ2n) is 6.11. The molecule has 1 aliphatic rings. The zero-order valence-electron chi connectivity index (χ0n) is 12.6. The SMILES string of the molecule is CC(C)C1(C(=O)O)CCN(C(=O)Cc2ccc(F)c(Br)c2)C1. The molecule has 120 valence electrons. The van der Waals surface area contributed by atoms with Crippen LogP contribution in [0.1, 0.15) is 25.8 Å². The van der Waals surface area contributed by atoms with E-state index in [1.807, 2.05) is 13.8 Å². The van der Waals surface area contributed by atoms with Crippen molar-refractivity contribution in [1.29, 1.82) is 0 Å². The molecule has 2 rings (SSSR count). The molecule has 0 spiro atoms. The number of likely N-dealkylation sites (tertiary alicyclic amines) is 1. The fourth-order valence-electron chi connectivity index (χ4n) is 2.87. The van der Waals surface area contributed by atoms with Crippen molar-refractivity contribution in [2.75, 3.05) is 13.1 Å². The average Bonchev–Trinajstić information content (AvgIpc) is 2.89. The van der Waals surface area contributed by atoms with Gasteiger partial charge >= 0.3 is 5.97 Å². The van der Waals surface area contributed by atoms with Gasteiger partial charge in [0.15, 0.2) is 0 Å². The van der Waals surface area contributed by atoms with Crippen LogP contribution in [-0.4, -0.2) is 35.0 Å².